The Morgan fingerprint density at radius 3 is 2.81 bits per heavy atom. The molecule has 2 aliphatic rings. The lowest BCUT2D eigenvalue weighted by atomic mass is 10.0. The van der Waals surface area contributed by atoms with Crippen molar-refractivity contribution in [1.29, 1.82) is 0 Å². The van der Waals surface area contributed by atoms with E-state index in [1.54, 1.807) is 0 Å². The second-order valence-corrected chi connectivity index (χ2v) is 5.16. The van der Waals surface area contributed by atoms with E-state index in [9.17, 15) is 9.59 Å². The van der Waals surface area contributed by atoms with Crippen molar-refractivity contribution >= 4 is 23.6 Å². The van der Waals surface area contributed by atoms with Crippen LogP contribution in [0.5, 0.6) is 0 Å². The number of piperidine rings is 1. The van der Waals surface area contributed by atoms with Crippen LogP contribution in [0.1, 0.15) is 19.3 Å². The maximum atomic E-state index is 12.1. The number of rotatable bonds is 2. The summed E-state index contributed by atoms with van der Waals surface area (Å²) in [6, 6.07) is -0.810. The maximum absolute atomic E-state index is 12.1. The Labute approximate surface area is 98.6 Å². The molecule has 16 heavy (non-hydrogen) atoms. The smallest absolute Gasteiger partial charge is 0.327 e. The molecule has 5 nitrogen and oxygen atoms in total. The first kappa shape index (κ1) is 11.7. The summed E-state index contributed by atoms with van der Waals surface area (Å²) in [5, 5.41) is 12.2. The number of hydrogen-bond acceptors (Lipinski definition) is 4. The van der Waals surface area contributed by atoms with Crippen LogP contribution < -0.4 is 5.32 Å². The SMILES string of the molecule is O=C(O)[C@@H]1CSCN1C(=O)C1CCCCN1. The standard InChI is InChI=1S/C10H16N2O3S/c13-9(7-3-1-2-4-11-7)12-6-16-5-8(12)10(14)15/h7-8,11H,1-6H2,(H,14,15)/t7?,8-/m0/s1. The van der Waals surface area contributed by atoms with E-state index >= 15 is 0 Å². The number of hydrogen-bond donors (Lipinski definition) is 2. The molecule has 2 atom stereocenters. The van der Waals surface area contributed by atoms with Gasteiger partial charge >= 0.3 is 5.97 Å². The van der Waals surface area contributed by atoms with Crippen molar-refractivity contribution in [1.82, 2.24) is 10.2 Å². The summed E-state index contributed by atoms with van der Waals surface area (Å²) in [6.45, 7) is 0.856. The van der Waals surface area contributed by atoms with Crippen molar-refractivity contribution in [3.05, 3.63) is 0 Å². The minimum absolute atomic E-state index is 0.0444. The fourth-order valence-corrected chi connectivity index (χ4v) is 3.28. The molecule has 2 saturated heterocycles. The first-order valence-electron chi connectivity index (χ1n) is 5.54. The predicted octanol–water partition coefficient (Wildman–Crippen LogP) is 0.115. The van der Waals surface area contributed by atoms with E-state index in [0.29, 0.717) is 11.6 Å². The van der Waals surface area contributed by atoms with Gasteiger partial charge in [0.2, 0.25) is 5.91 Å². The van der Waals surface area contributed by atoms with Gasteiger partial charge < -0.3 is 15.3 Å². The second-order valence-electron chi connectivity index (χ2n) is 4.16. The van der Waals surface area contributed by atoms with Gasteiger partial charge in [-0.25, -0.2) is 4.79 Å². The van der Waals surface area contributed by atoms with Crippen LogP contribution in [0.4, 0.5) is 0 Å². The summed E-state index contributed by atoms with van der Waals surface area (Å²) in [5.41, 5.74) is 0. The van der Waals surface area contributed by atoms with Crippen molar-refractivity contribution in [3.63, 3.8) is 0 Å². The maximum Gasteiger partial charge on any atom is 0.327 e. The normalized spacial score (nSPS) is 30.4. The molecular formula is C10H16N2O3S. The molecule has 0 radical (unpaired) electrons. The number of aliphatic carboxylic acids is 1. The summed E-state index contributed by atoms with van der Waals surface area (Å²) >= 11 is 1.51. The Morgan fingerprint density at radius 2 is 2.19 bits per heavy atom. The Kier molecular flexibility index (Phi) is 3.70. The second kappa shape index (κ2) is 5.05. The highest BCUT2D eigenvalue weighted by Gasteiger charge is 2.37. The number of thioether (sulfide) groups is 1. The molecule has 1 amide bonds. The molecule has 0 aromatic heterocycles. The number of amides is 1. The summed E-state index contributed by atoms with van der Waals surface area (Å²) in [5.74, 6) is 0.0770. The number of carbonyl (C=O) groups excluding carboxylic acids is 1. The Bertz CT molecular complexity index is 292. The van der Waals surface area contributed by atoms with Crippen molar-refractivity contribution in [2.24, 2.45) is 0 Å². The van der Waals surface area contributed by atoms with Gasteiger partial charge in [0.05, 0.1) is 11.9 Å². The quantitative estimate of drug-likeness (QED) is 0.722. The Balaban J connectivity index is 1.99. The molecule has 2 rings (SSSR count). The molecule has 0 aromatic rings. The Hall–Kier alpha value is -0.750. The molecule has 0 saturated carbocycles. The van der Waals surface area contributed by atoms with Crippen molar-refractivity contribution < 1.29 is 14.7 Å². The molecule has 2 fully saturated rings. The van der Waals surface area contributed by atoms with Gasteiger partial charge in [-0.15, -0.1) is 11.8 Å². The molecule has 2 heterocycles. The number of carboxylic acids is 1. The lowest BCUT2D eigenvalue weighted by molar-refractivity contribution is -0.148. The molecule has 0 spiro atoms. The molecule has 0 aliphatic carbocycles. The monoisotopic (exact) mass is 244 g/mol. The van der Waals surface area contributed by atoms with E-state index < -0.39 is 12.0 Å². The largest absolute Gasteiger partial charge is 0.480 e. The van der Waals surface area contributed by atoms with Crippen LogP contribution in [0.3, 0.4) is 0 Å². The van der Waals surface area contributed by atoms with Crippen molar-refractivity contribution in [2.45, 2.75) is 31.3 Å². The molecule has 0 bridgehead atoms. The van der Waals surface area contributed by atoms with Crippen LogP contribution in [-0.2, 0) is 9.59 Å². The third-order valence-corrected chi connectivity index (χ3v) is 4.07. The summed E-state index contributed by atoms with van der Waals surface area (Å²) < 4.78 is 0. The van der Waals surface area contributed by atoms with E-state index in [-0.39, 0.29) is 11.9 Å². The first-order valence-corrected chi connectivity index (χ1v) is 6.70. The zero-order valence-electron chi connectivity index (χ0n) is 9.02. The van der Waals surface area contributed by atoms with Crippen LogP contribution in [0.2, 0.25) is 0 Å². The average molecular weight is 244 g/mol. The lowest BCUT2D eigenvalue weighted by Gasteiger charge is -2.29. The van der Waals surface area contributed by atoms with Gasteiger partial charge in [0.1, 0.15) is 6.04 Å². The van der Waals surface area contributed by atoms with Crippen LogP contribution in [-0.4, -0.2) is 52.1 Å². The molecular weight excluding hydrogens is 228 g/mol. The lowest BCUT2D eigenvalue weighted by Crippen LogP contribution is -2.52. The molecule has 90 valence electrons. The zero-order valence-corrected chi connectivity index (χ0v) is 9.83. The van der Waals surface area contributed by atoms with Crippen LogP contribution in [0.15, 0.2) is 0 Å². The Morgan fingerprint density at radius 1 is 1.38 bits per heavy atom. The molecule has 2 aliphatic heterocycles. The first-order chi connectivity index (χ1) is 7.70. The van der Waals surface area contributed by atoms with E-state index in [1.807, 2.05) is 0 Å². The third-order valence-electron chi connectivity index (χ3n) is 3.06. The van der Waals surface area contributed by atoms with E-state index in [1.165, 1.54) is 16.7 Å². The molecule has 0 aromatic carbocycles. The minimum atomic E-state index is -0.894. The molecule has 6 heteroatoms. The fourth-order valence-electron chi connectivity index (χ4n) is 2.13. The highest BCUT2D eigenvalue weighted by molar-refractivity contribution is 7.99. The molecule has 2 N–H and O–H groups in total. The van der Waals surface area contributed by atoms with Gasteiger partial charge in [-0.3, -0.25) is 4.79 Å². The highest BCUT2D eigenvalue weighted by Crippen LogP contribution is 2.23. The van der Waals surface area contributed by atoms with E-state index in [0.717, 1.165) is 25.8 Å². The summed E-state index contributed by atoms with van der Waals surface area (Å²) in [4.78, 5) is 24.6. The van der Waals surface area contributed by atoms with Gasteiger partial charge in [0.25, 0.3) is 0 Å². The minimum Gasteiger partial charge on any atom is -0.480 e. The topological polar surface area (TPSA) is 69.6 Å². The van der Waals surface area contributed by atoms with E-state index in [4.69, 9.17) is 5.11 Å². The predicted molar refractivity (Wildman–Crippen MR) is 61.2 cm³/mol. The van der Waals surface area contributed by atoms with Crippen molar-refractivity contribution in [3.8, 4) is 0 Å². The average Bonchev–Trinajstić information content (AvgIpc) is 2.78. The van der Waals surface area contributed by atoms with Crippen LogP contribution >= 0.6 is 11.8 Å². The van der Waals surface area contributed by atoms with Gasteiger partial charge in [0, 0.05) is 5.75 Å². The van der Waals surface area contributed by atoms with Gasteiger partial charge in [-0.1, -0.05) is 6.42 Å². The number of nitrogens with one attached hydrogen (secondary N) is 1. The van der Waals surface area contributed by atoms with Crippen LogP contribution in [0, 0.1) is 0 Å². The van der Waals surface area contributed by atoms with E-state index in [2.05, 4.69) is 5.32 Å². The third kappa shape index (κ3) is 2.32. The van der Waals surface area contributed by atoms with Gasteiger partial charge in [-0.05, 0) is 19.4 Å². The zero-order chi connectivity index (χ0) is 11.5. The fraction of sp³-hybridized carbons (Fsp3) is 0.800. The van der Waals surface area contributed by atoms with Crippen LogP contribution in [0.25, 0.3) is 0 Å². The highest BCUT2D eigenvalue weighted by atomic mass is 32.2. The summed E-state index contributed by atoms with van der Waals surface area (Å²) in [6.07, 6.45) is 2.97. The van der Waals surface area contributed by atoms with Gasteiger partial charge in [-0.2, -0.15) is 0 Å². The number of nitrogens with zero attached hydrogens (tertiary/aromatic N) is 1. The van der Waals surface area contributed by atoms with Gasteiger partial charge in [0.15, 0.2) is 0 Å². The number of carboxylic acid groups (broad SMARTS) is 1. The number of carbonyl (C=O) groups is 2. The van der Waals surface area contributed by atoms with Crippen molar-refractivity contribution in [2.75, 3.05) is 18.2 Å². The molecule has 1 unspecified atom stereocenters. The summed E-state index contributed by atoms with van der Waals surface area (Å²) in [7, 11) is 0.